The zero-order valence-corrected chi connectivity index (χ0v) is 19.1. The van der Waals surface area contributed by atoms with Crippen LogP contribution in [0.1, 0.15) is 36.7 Å². The molecule has 2 aromatic rings. The highest BCUT2D eigenvalue weighted by molar-refractivity contribution is 6.02. The average Bonchev–Trinajstić information content (AvgIpc) is 3.09. The van der Waals surface area contributed by atoms with E-state index in [9.17, 15) is 14.9 Å². The second-order valence-electron chi connectivity index (χ2n) is 7.85. The van der Waals surface area contributed by atoms with Crippen LogP contribution in [0.3, 0.4) is 0 Å². The molecule has 1 fully saturated rings. The van der Waals surface area contributed by atoms with Crippen LogP contribution in [0.2, 0.25) is 0 Å². The maximum absolute atomic E-state index is 13.0. The molecule has 1 aliphatic heterocycles. The maximum Gasteiger partial charge on any atom is 0.309 e. The fourth-order valence-corrected chi connectivity index (χ4v) is 4.11. The largest absolute Gasteiger partial charge is 0.497 e. The number of benzene rings is 1. The molecule has 0 saturated carbocycles. The quantitative estimate of drug-likeness (QED) is 0.391. The fraction of sp³-hybridized carbons (Fsp3) is 0.400. The van der Waals surface area contributed by atoms with Crippen LogP contribution in [0.15, 0.2) is 35.9 Å². The normalized spacial score (nSPS) is 14.7. The minimum atomic E-state index is -0.302. The Kier molecular flexibility index (Phi) is 7.37. The molecule has 0 atom stereocenters. The first kappa shape index (κ1) is 23.1. The topological polar surface area (TPSA) is 84.6 Å². The Labute approximate surface area is 188 Å². The number of carbonyl (C=O) groups is 2. The number of amides is 1. The van der Waals surface area contributed by atoms with Gasteiger partial charge in [0.15, 0.2) is 0 Å². The van der Waals surface area contributed by atoms with E-state index in [2.05, 4.69) is 10.6 Å². The summed E-state index contributed by atoms with van der Waals surface area (Å²) in [6, 6.07) is 11.8. The lowest BCUT2D eigenvalue weighted by atomic mass is 9.96. The zero-order chi connectivity index (χ0) is 23.3. The van der Waals surface area contributed by atoms with Crippen molar-refractivity contribution >= 4 is 18.0 Å². The van der Waals surface area contributed by atoms with Gasteiger partial charge in [-0.2, -0.15) is 5.26 Å². The van der Waals surface area contributed by atoms with Gasteiger partial charge in [0.25, 0.3) is 5.91 Å². The molecule has 0 unspecified atom stereocenters. The summed E-state index contributed by atoms with van der Waals surface area (Å²) in [6.45, 7) is 6.97. The zero-order valence-electron chi connectivity index (χ0n) is 19.1. The molecule has 0 spiro atoms. The molecule has 1 aliphatic rings. The van der Waals surface area contributed by atoms with E-state index in [1.165, 1.54) is 0 Å². The molecule has 7 nitrogen and oxygen atoms in total. The highest BCUT2D eigenvalue weighted by atomic mass is 16.5. The van der Waals surface area contributed by atoms with E-state index < -0.39 is 0 Å². The highest BCUT2D eigenvalue weighted by Gasteiger charge is 2.29. The first-order valence-corrected chi connectivity index (χ1v) is 10.8. The molecule has 0 N–H and O–H groups in total. The number of hydrogen-bond acceptors (Lipinski definition) is 5. The minimum Gasteiger partial charge on any atom is -0.497 e. The Morgan fingerprint density at radius 1 is 1.19 bits per heavy atom. The molecular formula is C25H29N3O4. The highest BCUT2D eigenvalue weighted by Crippen LogP contribution is 2.25. The Bertz CT molecular complexity index is 1050. The van der Waals surface area contributed by atoms with E-state index in [1.807, 2.05) is 44.2 Å². The van der Waals surface area contributed by atoms with E-state index in [0.29, 0.717) is 32.5 Å². The van der Waals surface area contributed by atoms with Crippen molar-refractivity contribution in [2.45, 2.75) is 33.6 Å². The van der Waals surface area contributed by atoms with Gasteiger partial charge >= 0.3 is 5.97 Å². The number of ether oxygens (including phenoxy) is 2. The van der Waals surface area contributed by atoms with Gasteiger partial charge < -0.3 is 18.9 Å². The number of rotatable bonds is 6. The number of nitrogens with zero attached hydrogens (tertiary/aromatic N) is 3. The number of methoxy groups -OCH3 is 1. The summed E-state index contributed by atoms with van der Waals surface area (Å²) >= 11 is 0. The van der Waals surface area contributed by atoms with E-state index >= 15 is 0 Å². The molecule has 168 valence electrons. The lowest BCUT2D eigenvalue weighted by Crippen LogP contribution is -2.41. The van der Waals surface area contributed by atoms with Crippen molar-refractivity contribution in [3.05, 3.63) is 52.9 Å². The summed E-state index contributed by atoms with van der Waals surface area (Å²) in [4.78, 5) is 26.6. The van der Waals surface area contributed by atoms with Crippen molar-refractivity contribution in [3.8, 4) is 17.5 Å². The molecule has 0 aliphatic carbocycles. The van der Waals surface area contributed by atoms with Gasteiger partial charge in [-0.3, -0.25) is 9.59 Å². The minimum absolute atomic E-state index is 0.0922. The molecule has 3 rings (SSSR count). The van der Waals surface area contributed by atoms with Gasteiger partial charge in [0, 0.05) is 30.2 Å². The predicted molar refractivity (Wildman–Crippen MR) is 121 cm³/mol. The number of carbonyl (C=O) groups excluding carboxylic acids is 2. The smallest absolute Gasteiger partial charge is 0.309 e. The monoisotopic (exact) mass is 435 g/mol. The lowest BCUT2D eigenvalue weighted by molar-refractivity contribution is -0.150. The Hall–Kier alpha value is -3.53. The van der Waals surface area contributed by atoms with Crippen molar-refractivity contribution in [2.24, 2.45) is 5.92 Å². The third-order valence-electron chi connectivity index (χ3n) is 5.85. The van der Waals surface area contributed by atoms with Crippen LogP contribution >= 0.6 is 0 Å². The van der Waals surface area contributed by atoms with Gasteiger partial charge in [-0.1, -0.05) is 0 Å². The van der Waals surface area contributed by atoms with Crippen LogP contribution in [0, 0.1) is 31.1 Å². The first-order valence-electron chi connectivity index (χ1n) is 10.8. The number of nitriles is 1. The molecular weight excluding hydrogens is 406 g/mol. The average molecular weight is 436 g/mol. The van der Waals surface area contributed by atoms with Gasteiger partial charge in [0.1, 0.15) is 17.4 Å². The third kappa shape index (κ3) is 4.86. The third-order valence-corrected chi connectivity index (χ3v) is 5.85. The number of aromatic nitrogens is 1. The van der Waals surface area contributed by atoms with Crippen molar-refractivity contribution in [2.75, 3.05) is 26.8 Å². The molecule has 1 saturated heterocycles. The molecule has 0 radical (unpaired) electrons. The van der Waals surface area contributed by atoms with Gasteiger partial charge in [0.2, 0.25) is 0 Å². The van der Waals surface area contributed by atoms with Crippen molar-refractivity contribution in [1.82, 2.24) is 9.47 Å². The van der Waals surface area contributed by atoms with E-state index in [0.717, 1.165) is 28.4 Å². The number of esters is 1. The van der Waals surface area contributed by atoms with E-state index in [1.54, 1.807) is 25.0 Å². The maximum atomic E-state index is 13.0. The second kappa shape index (κ2) is 10.2. The summed E-state index contributed by atoms with van der Waals surface area (Å²) in [7, 11) is 1.63. The summed E-state index contributed by atoms with van der Waals surface area (Å²) in [5, 5.41) is 9.68. The lowest BCUT2D eigenvalue weighted by Gasteiger charge is -2.30. The van der Waals surface area contributed by atoms with Crippen LogP contribution in [0.5, 0.6) is 5.75 Å². The van der Waals surface area contributed by atoms with Crippen LogP contribution in [0.25, 0.3) is 11.8 Å². The molecule has 2 heterocycles. The molecule has 1 amide bonds. The molecule has 1 aromatic heterocycles. The van der Waals surface area contributed by atoms with Crippen LogP contribution < -0.4 is 4.74 Å². The van der Waals surface area contributed by atoms with Crippen LogP contribution in [-0.2, 0) is 14.3 Å². The SMILES string of the molecule is CCOC(=O)C1CCN(C(=O)/C(C#N)=C\c2cc(C)n(-c3ccc(OC)cc3)c2C)CC1. The first-order chi connectivity index (χ1) is 15.4. The van der Waals surface area contributed by atoms with Gasteiger partial charge in [0.05, 0.1) is 19.6 Å². The summed E-state index contributed by atoms with van der Waals surface area (Å²) in [6.07, 6.45) is 2.76. The van der Waals surface area contributed by atoms with E-state index in [4.69, 9.17) is 9.47 Å². The van der Waals surface area contributed by atoms with Gasteiger partial charge in [-0.05, 0) is 75.6 Å². The molecule has 32 heavy (non-hydrogen) atoms. The fourth-order valence-electron chi connectivity index (χ4n) is 4.11. The van der Waals surface area contributed by atoms with Crippen molar-refractivity contribution in [3.63, 3.8) is 0 Å². The van der Waals surface area contributed by atoms with E-state index in [-0.39, 0.29) is 23.4 Å². The number of piperidine rings is 1. The van der Waals surface area contributed by atoms with Gasteiger partial charge in [-0.25, -0.2) is 0 Å². The van der Waals surface area contributed by atoms with Crippen LogP contribution in [-0.4, -0.2) is 48.1 Å². The van der Waals surface area contributed by atoms with Crippen molar-refractivity contribution < 1.29 is 19.1 Å². The second-order valence-corrected chi connectivity index (χ2v) is 7.85. The number of hydrogen-bond donors (Lipinski definition) is 0. The summed E-state index contributed by atoms with van der Waals surface area (Å²) in [5.74, 6) is 0.0861. The Morgan fingerprint density at radius 3 is 2.41 bits per heavy atom. The standard InChI is InChI=1S/C25H29N3O4/c1-5-32-25(30)19-10-12-27(13-11-19)24(29)21(16-26)15-20-14-17(2)28(18(20)3)22-6-8-23(31-4)9-7-22/h6-9,14-15,19H,5,10-13H2,1-4H3/b21-15-. The van der Waals surface area contributed by atoms with Crippen LogP contribution in [0.4, 0.5) is 0 Å². The Balaban J connectivity index is 1.79. The van der Waals surface area contributed by atoms with Crippen molar-refractivity contribution in [1.29, 1.82) is 5.26 Å². The predicted octanol–water partition coefficient (Wildman–Crippen LogP) is 3.81. The Morgan fingerprint density at radius 2 is 1.84 bits per heavy atom. The molecule has 1 aromatic carbocycles. The summed E-state index contributed by atoms with van der Waals surface area (Å²) in [5.41, 5.74) is 3.83. The number of likely N-dealkylation sites (tertiary alicyclic amines) is 1. The summed E-state index contributed by atoms with van der Waals surface area (Å²) < 4.78 is 12.4. The molecule has 0 bridgehead atoms. The molecule has 7 heteroatoms. The number of aryl methyl sites for hydroxylation is 1. The van der Waals surface area contributed by atoms with Gasteiger partial charge in [-0.15, -0.1) is 0 Å².